The average molecular weight is 404 g/mol. The monoisotopic (exact) mass is 403 g/mol. The van der Waals surface area contributed by atoms with Crippen molar-refractivity contribution < 1.29 is 19.4 Å². The number of benzene rings is 2. The molecule has 6 heteroatoms. The Balaban J connectivity index is 1.71. The zero-order valence-corrected chi connectivity index (χ0v) is 15.1. The van der Waals surface area contributed by atoms with E-state index in [0.717, 1.165) is 15.6 Å². The first kappa shape index (κ1) is 17.5. The molecule has 0 unspecified atom stereocenters. The maximum absolute atomic E-state index is 12.4. The molecule has 2 atom stereocenters. The van der Waals surface area contributed by atoms with E-state index in [0.29, 0.717) is 13.0 Å². The van der Waals surface area contributed by atoms with Crippen LogP contribution in [0.2, 0.25) is 0 Å². The van der Waals surface area contributed by atoms with Gasteiger partial charge in [0.1, 0.15) is 12.6 Å². The predicted octanol–water partition coefficient (Wildman–Crippen LogP) is 4.03. The number of rotatable bonds is 4. The minimum Gasteiger partial charge on any atom is -0.480 e. The van der Waals surface area contributed by atoms with Crippen molar-refractivity contribution in [3.05, 3.63) is 70.2 Å². The van der Waals surface area contributed by atoms with Gasteiger partial charge in [0, 0.05) is 16.9 Å². The molecule has 2 aromatic carbocycles. The molecule has 0 saturated carbocycles. The number of carboxylic acid groups (broad SMARTS) is 1. The highest BCUT2D eigenvalue weighted by molar-refractivity contribution is 9.10. The van der Waals surface area contributed by atoms with Gasteiger partial charge in [0.05, 0.1) is 0 Å². The number of carbonyl (C=O) groups excluding carboxylic acids is 1. The molecule has 1 N–H and O–H groups in total. The Morgan fingerprint density at radius 2 is 1.80 bits per heavy atom. The predicted molar refractivity (Wildman–Crippen MR) is 96.3 cm³/mol. The van der Waals surface area contributed by atoms with Gasteiger partial charge in [0.25, 0.3) is 0 Å². The van der Waals surface area contributed by atoms with Crippen molar-refractivity contribution >= 4 is 28.0 Å². The quantitative estimate of drug-likeness (QED) is 0.836. The number of amides is 1. The third-order valence-corrected chi connectivity index (χ3v) is 4.92. The van der Waals surface area contributed by atoms with Gasteiger partial charge in [0.2, 0.25) is 0 Å². The number of nitrogens with zero attached hydrogens (tertiary/aromatic N) is 1. The van der Waals surface area contributed by atoms with E-state index >= 15 is 0 Å². The lowest BCUT2D eigenvalue weighted by Crippen LogP contribution is -2.42. The molecule has 1 saturated heterocycles. The Hall–Kier alpha value is -2.34. The molecule has 2 aromatic rings. The summed E-state index contributed by atoms with van der Waals surface area (Å²) in [6.45, 7) is 0.497. The van der Waals surface area contributed by atoms with E-state index in [-0.39, 0.29) is 12.5 Å². The minimum absolute atomic E-state index is 0.130. The highest BCUT2D eigenvalue weighted by Gasteiger charge is 2.43. The Labute approximate surface area is 154 Å². The molecular weight excluding hydrogens is 386 g/mol. The number of hydrogen-bond donors (Lipinski definition) is 1. The molecule has 0 radical (unpaired) electrons. The molecule has 1 fully saturated rings. The number of aliphatic carboxylic acids is 1. The van der Waals surface area contributed by atoms with E-state index in [1.165, 1.54) is 4.90 Å². The zero-order valence-electron chi connectivity index (χ0n) is 13.5. The smallest absolute Gasteiger partial charge is 0.410 e. The third-order valence-electron chi connectivity index (χ3n) is 4.39. The van der Waals surface area contributed by atoms with Gasteiger partial charge in [-0.2, -0.15) is 0 Å². The molecule has 0 bridgehead atoms. The average Bonchev–Trinajstić information content (AvgIpc) is 3.06. The summed E-state index contributed by atoms with van der Waals surface area (Å²) < 4.78 is 6.24. The topological polar surface area (TPSA) is 66.8 Å². The van der Waals surface area contributed by atoms with Gasteiger partial charge >= 0.3 is 12.1 Å². The Morgan fingerprint density at radius 3 is 2.44 bits per heavy atom. The molecule has 130 valence electrons. The van der Waals surface area contributed by atoms with Crippen LogP contribution >= 0.6 is 15.9 Å². The van der Waals surface area contributed by atoms with Crippen LogP contribution in [0, 0.1) is 0 Å². The lowest BCUT2D eigenvalue weighted by molar-refractivity contribution is -0.142. The Bertz CT molecular complexity index is 748. The summed E-state index contributed by atoms with van der Waals surface area (Å²) in [5.74, 6) is -1.25. The summed E-state index contributed by atoms with van der Waals surface area (Å²) in [7, 11) is 0. The van der Waals surface area contributed by atoms with Crippen molar-refractivity contribution in [3.63, 3.8) is 0 Å². The summed E-state index contributed by atoms with van der Waals surface area (Å²) in [6.07, 6.45) is 0.00910. The Morgan fingerprint density at radius 1 is 1.12 bits per heavy atom. The van der Waals surface area contributed by atoms with Crippen LogP contribution in [0.1, 0.15) is 23.5 Å². The zero-order chi connectivity index (χ0) is 17.8. The fourth-order valence-electron chi connectivity index (χ4n) is 3.16. The first-order valence-corrected chi connectivity index (χ1v) is 8.81. The number of hydrogen-bond acceptors (Lipinski definition) is 3. The molecule has 1 aliphatic heterocycles. The van der Waals surface area contributed by atoms with E-state index in [1.807, 2.05) is 54.6 Å². The number of ether oxygens (including phenoxy) is 1. The lowest BCUT2D eigenvalue weighted by Gasteiger charge is -2.24. The normalized spacial score (nSPS) is 19.6. The molecule has 0 aliphatic carbocycles. The number of halogens is 1. The molecule has 0 aromatic heterocycles. The van der Waals surface area contributed by atoms with Crippen LogP contribution in [0.15, 0.2) is 59.1 Å². The maximum atomic E-state index is 12.4. The molecule has 1 aliphatic rings. The van der Waals surface area contributed by atoms with E-state index in [1.54, 1.807) is 0 Å². The third kappa shape index (κ3) is 4.02. The molecular formula is C19H18BrNO4. The van der Waals surface area contributed by atoms with E-state index in [4.69, 9.17) is 4.74 Å². The highest BCUT2D eigenvalue weighted by atomic mass is 79.9. The van der Waals surface area contributed by atoms with Crippen LogP contribution in [0.5, 0.6) is 0 Å². The van der Waals surface area contributed by atoms with Crippen molar-refractivity contribution in [3.8, 4) is 0 Å². The SMILES string of the molecule is O=C(O)[C@@H]1[C@@H](c2ccc(Br)cc2)CCN1C(=O)OCc1ccccc1. The van der Waals surface area contributed by atoms with Gasteiger partial charge in [-0.1, -0.05) is 58.4 Å². The number of carboxylic acids is 1. The molecule has 1 amide bonds. The fraction of sp³-hybridized carbons (Fsp3) is 0.263. The van der Waals surface area contributed by atoms with Crippen LogP contribution < -0.4 is 0 Å². The van der Waals surface area contributed by atoms with Crippen LogP contribution in [0.25, 0.3) is 0 Å². The second-order valence-electron chi connectivity index (χ2n) is 5.96. The van der Waals surface area contributed by atoms with Crippen molar-refractivity contribution in [1.82, 2.24) is 4.90 Å². The molecule has 3 rings (SSSR count). The first-order valence-electron chi connectivity index (χ1n) is 8.02. The molecule has 5 nitrogen and oxygen atoms in total. The van der Waals surface area contributed by atoms with Crippen molar-refractivity contribution in [2.45, 2.75) is 25.0 Å². The number of likely N-dealkylation sites (tertiary alicyclic amines) is 1. The van der Waals surface area contributed by atoms with Gasteiger partial charge in [-0.25, -0.2) is 9.59 Å². The van der Waals surface area contributed by atoms with Crippen molar-refractivity contribution in [2.24, 2.45) is 0 Å². The van der Waals surface area contributed by atoms with Crippen molar-refractivity contribution in [2.75, 3.05) is 6.54 Å². The summed E-state index contributed by atoms with van der Waals surface area (Å²) in [6, 6.07) is 16.0. The van der Waals surface area contributed by atoms with Gasteiger partial charge in [-0.3, -0.25) is 4.90 Å². The summed E-state index contributed by atoms with van der Waals surface area (Å²) in [5, 5.41) is 9.65. The largest absolute Gasteiger partial charge is 0.480 e. The van der Waals surface area contributed by atoms with E-state index in [2.05, 4.69) is 15.9 Å². The van der Waals surface area contributed by atoms with Crippen LogP contribution in [-0.2, 0) is 16.1 Å². The van der Waals surface area contributed by atoms with E-state index < -0.39 is 18.1 Å². The maximum Gasteiger partial charge on any atom is 0.410 e. The first-order chi connectivity index (χ1) is 12.1. The summed E-state index contributed by atoms with van der Waals surface area (Å²) in [4.78, 5) is 25.5. The lowest BCUT2D eigenvalue weighted by atomic mass is 9.92. The van der Waals surface area contributed by atoms with Gasteiger partial charge < -0.3 is 9.84 Å². The van der Waals surface area contributed by atoms with Gasteiger partial charge in [-0.05, 0) is 29.7 Å². The second kappa shape index (κ2) is 7.70. The van der Waals surface area contributed by atoms with Crippen LogP contribution in [0.4, 0.5) is 4.79 Å². The highest BCUT2D eigenvalue weighted by Crippen LogP contribution is 2.34. The van der Waals surface area contributed by atoms with Gasteiger partial charge in [0.15, 0.2) is 0 Å². The Kier molecular flexibility index (Phi) is 5.38. The van der Waals surface area contributed by atoms with Gasteiger partial charge in [-0.15, -0.1) is 0 Å². The number of carbonyl (C=O) groups is 2. The summed E-state index contributed by atoms with van der Waals surface area (Å²) >= 11 is 3.38. The molecule has 25 heavy (non-hydrogen) atoms. The van der Waals surface area contributed by atoms with Crippen molar-refractivity contribution in [1.29, 1.82) is 0 Å². The fourth-order valence-corrected chi connectivity index (χ4v) is 3.43. The second-order valence-corrected chi connectivity index (χ2v) is 6.88. The standard InChI is InChI=1S/C19H18BrNO4/c20-15-8-6-14(7-9-15)16-10-11-21(17(16)18(22)23)19(24)25-12-13-4-2-1-3-5-13/h1-9,16-17H,10-12H2,(H,22,23)/t16-,17+/m1/s1. The molecule has 1 heterocycles. The summed E-state index contributed by atoms with van der Waals surface area (Å²) in [5.41, 5.74) is 1.78. The minimum atomic E-state index is -1.01. The van der Waals surface area contributed by atoms with Crippen LogP contribution in [0.3, 0.4) is 0 Å². The van der Waals surface area contributed by atoms with E-state index in [9.17, 15) is 14.7 Å². The molecule has 0 spiro atoms. The van der Waals surface area contributed by atoms with Crippen LogP contribution in [-0.4, -0.2) is 34.7 Å².